The van der Waals surface area contributed by atoms with Gasteiger partial charge in [0.1, 0.15) is 5.69 Å². The average molecular weight is 271 g/mol. The Hall–Kier alpha value is -1.00. The molecule has 1 saturated heterocycles. The van der Waals surface area contributed by atoms with E-state index in [-0.39, 0.29) is 24.6 Å². The zero-order valence-electron chi connectivity index (χ0n) is 10.8. The predicted octanol–water partition coefficient (Wildman–Crippen LogP) is 2.32. The number of aliphatic hydroxyl groups excluding tert-OH is 1. The van der Waals surface area contributed by atoms with Crippen LogP contribution in [0.2, 0.25) is 5.02 Å². The summed E-state index contributed by atoms with van der Waals surface area (Å²) >= 11 is 5.99. The summed E-state index contributed by atoms with van der Waals surface area (Å²) in [6.07, 6.45) is 3.61. The molecule has 0 aromatic carbocycles. The topological polar surface area (TPSA) is 45.5 Å². The van der Waals surface area contributed by atoms with E-state index >= 15 is 0 Å². The fraction of sp³-hybridized carbons (Fsp3) is 0.615. The first-order valence-electron chi connectivity index (χ1n) is 6.33. The van der Waals surface area contributed by atoms with Gasteiger partial charge in [0.25, 0.3) is 5.91 Å². The highest BCUT2D eigenvalue weighted by Crippen LogP contribution is 2.24. The molecule has 18 heavy (non-hydrogen) atoms. The lowest BCUT2D eigenvalue weighted by Crippen LogP contribution is -2.38. The number of hydrogen-bond acceptors (Lipinski definition) is 2. The summed E-state index contributed by atoms with van der Waals surface area (Å²) in [5.74, 6) is -0.0350. The zero-order valence-corrected chi connectivity index (χ0v) is 11.5. The Bertz CT molecular complexity index is 442. The van der Waals surface area contributed by atoms with Crippen molar-refractivity contribution in [3.05, 3.63) is 23.0 Å². The largest absolute Gasteiger partial charge is 0.394 e. The molecule has 1 atom stereocenters. The van der Waals surface area contributed by atoms with Gasteiger partial charge in [0.2, 0.25) is 0 Å². The molecule has 0 radical (unpaired) electrons. The van der Waals surface area contributed by atoms with Crippen LogP contribution in [-0.4, -0.2) is 39.7 Å². The number of carbonyl (C=O) groups excluding carboxylic acids is 1. The van der Waals surface area contributed by atoms with Crippen molar-refractivity contribution in [2.24, 2.45) is 0 Å². The lowest BCUT2D eigenvalue weighted by atomic mass is 10.2. The number of aromatic nitrogens is 1. The van der Waals surface area contributed by atoms with E-state index in [2.05, 4.69) is 0 Å². The Morgan fingerprint density at radius 2 is 2.33 bits per heavy atom. The van der Waals surface area contributed by atoms with Gasteiger partial charge in [-0.2, -0.15) is 0 Å². The van der Waals surface area contributed by atoms with Crippen LogP contribution in [0.1, 0.15) is 43.2 Å². The first-order chi connectivity index (χ1) is 8.54. The number of nitrogens with zero attached hydrogens (tertiary/aromatic N) is 2. The van der Waals surface area contributed by atoms with Crippen molar-refractivity contribution in [2.75, 3.05) is 13.2 Å². The second-order valence-corrected chi connectivity index (χ2v) is 5.46. The van der Waals surface area contributed by atoms with E-state index in [1.54, 1.807) is 17.2 Å². The summed E-state index contributed by atoms with van der Waals surface area (Å²) in [7, 11) is 0. The van der Waals surface area contributed by atoms with Crippen LogP contribution >= 0.6 is 11.6 Å². The van der Waals surface area contributed by atoms with Crippen LogP contribution in [-0.2, 0) is 0 Å². The molecular formula is C13H19ClN2O2. The normalized spacial score (nSPS) is 19.8. The molecule has 1 aliphatic heterocycles. The molecule has 100 valence electrons. The lowest BCUT2D eigenvalue weighted by molar-refractivity contribution is 0.0665. The molecular weight excluding hydrogens is 252 g/mol. The van der Waals surface area contributed by atoms with E-state index in [0.29, 0.717) is 17.3 Å². The molecule has 1 N–H and O–H groups in total. The van der Waals surface area contributed by atoms with Gasteiger partial charge in [0.15, 0.2) is 0 Å². The Labute approximate surface area is 112 Å². The molecule has 0 bridgehead atoms. The fourth-order valence-corrected chi connectivity index (χ4v) is 2.69. The fourth-order valence-electron chi connectivity index (χ4n) is 2.48. The standard InChI is InChI=1S/C13H19ClN2O2/c1-9(2)16-7-10(14)6-12(16)13(18)15-5-3-4-11(15)8-17/h6-7,9,11,17H,3-5,8H2,1-2H3. The SMILES string of the molecule is CC(C)n1cc(Cl)cc1C(=O)N1CCCC1CO. The third-order valence-corrected chi connectivity index (χ3v) is 3.65. The molecule has 0 spiro atoms. The Kier molecular flexibility index (Phi) is 3.97. The van der Waals surface area contributed by atoms with Gasteiger partial charge in [-0.3, -0.25) is 4.79 Å². The van der Waals surface area contributed by atoms with Crippen LogP contribution in [0.4, 0.5) is 0 Å². The second-order valence-electron chi connectivity index (χ2n) is 5.02. The van der Waals surface area contributed by atoms with E-state index in [1.165, 1.54) is 0 Å². The number of amides is 1. The number of carbonyl (C=O) groups is 1. The van der Waals surface area contributed by atoms with Crippen molar-refractivity contribution in [3.8, 4) is 0 Å². The minimum Gasteiger partial charge on any atom is -0.394 e. The predicted molar refractivity (Wildman–Crippen MR) is 71.0 cm³/mol. The van der Waals surface area contributed by atoms with Gasteiger partial charge < -0.3 is 14.6 Å². The van der Waals surface area contributed by atoms with Crippen molar-refractivity contribution >= 4 is 17.5 Å². The lowest BCUT2D eigenvalue weighted by Gasteiger charge is -2.24. The average Bonchev–Trinajstić information content (AvgIpc) is 2.93. The number of rotatable bonds is 3. The van der Waals surface area contributed by atoms with Crippen LogP contribution < -0.4 is 0 Å². The third-order valence-electron chi connectivity index (χ3n) is 3.44. The van der Waals surface area contributed by atoms with E-state index in [9.17, 15) is 9.90 Å². The summed E-state index contributed by atoms with van der Waals surface area (Å²) in [5.41, 5.74) is 0.607. The number of likely N-dealkylation sites (tertiary alicyclic amines) is 1. The van der Waals surface area contributed by atoms with E-state index < -0.39 is 0 Å². The molecule has 4 nitrogen and oxygen atoms in total. The third kappa shape index (κ3) is 2.40. The minimum absolute atomic E-state index is 0.0296. The van der Waals surface area contributed by atoms with Crippen LogP contribution in [0.3, 0.4) is 0 Å². The van der Waals surface area contributed by atoms with Gasteiger partial charge in [-0.25, -0.2) is 0 Å². The van der Waals surface area contributed by atoms with Crippen LogP contribution in [0, 0.1) is 0 Å². The highest BCUT2D eigenvalue weighted by molar-refractivity contribution is 6.31. The van der Waals surface area contributed by atoms with Crippen LogP contribution in [0.15, 0.2) is 12.3 Å². The summed E-state index contributed by atoms with van der Waals surface area (Å²) in [5, 5.41) is 9.86. The molecule has 1 amide bonds. The quantitative estimate of drug-likeness (QED) is 0.916. The summed E-state index contributed by atoms with van der Waals surface area (Å²) in [6.45, 7) is 4.77. The minimum atomic E-state index is -0.0493. The smallest absolute Gasteiger partial charge is 0.270 e. The number of aliphatic hydroxyl groups is 1. The van der Waals surface area contributed by atoms with E-state index in [1.807, 2.05) is 18.4 Å². The zero-order chi connectivity index (χ0) is 13.3. The molecule has 1 aliphatic rings. The van der Waals surface area contributed by atoms with Gasteiger partial charge in [-0.15, -0.1) is 0 Å². The van der Waals surface area contributed by atoms with Crippen molar-refractivity contribution in [1.29, 1.82) is 0 Å². The van der Waals surface area contributed by atoms with Crippen molar-refractivity contribution in [3.63, 3.8) is 0 Å². The molecule has 1 unspecified atom stereocenters. The number of halogens is 1. The Balaban J connectivity index is 2.28. The summed E-state index contributed by atoms with van der Waals surface area (Å²) in [6, 6.07) is 1.84. The number of hydrogen-bond donors (Lipinski definition) is 1. The monoisotopic (exact) mass is 270 g/mol. The van der Waals surface area contributed by atoms with Gasteiger partial charge >= 0.3 is 0 Å². The molecule has 0 saturated carbocycles. The van der Waals surface area contributed by atoms with Crippen molar-refractivity contribution in [2.45, 2.75) is 38.8 Å². The van der Waals surface area contributed by atoms with Gasteiger partial charge in [0, 0.05) is 18.8 Å². The van der Waals surface area contributed by atoms with Gasteiger partial charge in [-0.05, 0) is 32.8 Å². The maximum absolute atomic E-state index is 12.5. The van der Waals surface area contributed by atoms with E-state index in [4.69, 9.17) is 11.6 Å². The first-order valence-corrected chi connectivity index (χ1v) is 6.71. The Morgan fingerprint density at radius 1 is 1.61 bits per heavy atom. The van der Waals surface area contributed by atoms with Gasteiger partial charge in [0.05, 0.1) is 17.7 Å². The maximum atomic E-state index is 12.5. The molecule has 2 heterocycles. The molecule has 5 heteroatoms. The summed E-state index contributed by atoms with van der Waals surface area (Å²) < 4.78 is 1.89. The van der Waals surface area contributed by atoms with Crippen LogP contribution in [0.25, 0.3) is 0 Å². The Morgan fingerprint density at radius 3 is 2.94 bits per heavy atom. The summed E-state index contributed by atoms with van der Waals surface area (Å²) in [4.78, 5) is 14.2. The van der Waals surface area contributed by atoms with Gasteiger partial charge in [-0.1, -0.05) is 11.6 Å². The molecule has 1 fully saturated rings. The maximum Gasteiger partial charge on any atom is 0.270 e. The molecule has 1 aromatic heterocycles. The molecule has 2 rings (SSSR count). The van der Waals surface area contributed by atoms with Crippen molar-refractivity contribution < 1.29 is 9.90 Å². The highest BCUT2D eigenvalue weighted by Gasteiger charge is 2.30. The van der Waals surface area contributed by atoms with E-state index in [0.717, 1.165) is 12.8 Å². The molecule has 0 aliphatic carbocycles. The highest BCUT2D eigenvalue weighted by atomic mass is 35.5. The molecule has 1 aromatic rings. The van der Waals surface area contributed by atoms with Crippen molar-refractivity contribution in [1.82, 2.24) is 9.47 Å². The van der Waals surface area contributed by atoms with Crippen LogP contribution in [0.5, 0.6) is 0 Å². The second kappa shape index (κ2) is 5.33. The first kappa shape index (κ1) is 13.4.